The van der Waals surface area contributed by atoms with Crippen molar-refractivity contribution in [1.82, 2.24) is 0 Å². The van der Waals surface area contributed by atoms with Gasteiger partial charge >= 0.3 is 0 Å². The molecule has 2 heteroatoms. The highest BCUT2D eigenvalue weighted by atomic mass is 16.3. The summed E-state index contributed by atoms with van der Waals surface area (Å²) < 4.78 is 0. The van der Waals surface area contributed by atoms with Crippen LogP contribution in [0.5, 0.6) is 0 Å². The van der Waals surface area contributed by atoms with Crippen molar-refractivity contribution in [3.05, 3.63) is 0 Å². The number of hydrogen-bond donors (Lipinski definition) is 2. The Kier molecular flexibility index (Phi) is 3.09. The molecule has 2 aliphatic carbocycles. The molecule has 0 aromatic heterocycles. The van der Waals surface area contributed by atoms with E-state index in [9.17, 15) is 5.11 Å². The van der Waals surface area contributed by atoms with Gasteiger partial charge in [-0.1, -0.05) is 20.3 Å². The predicted molar refractivity (Wildman–Crippen MR) is 62.4 cm³/mol. The molecular formula is C13H25NO. The zero-order chi connectivity index (χ0) is 11.1. The van der Waals surface area contributed by atoms with E-state index in [1.165, 1.54) is 32.1 Å². The molecule has 0 heterocycles. The van der Waals surface area contributed by atoms with Gasteiger partial charge in [0.25, 0.3) is 0 Å². The smallest absolute Gasteiger partial charge is 0.0825 e. The maximum atomic E-state index is 10.7. The zero-order valence-electron chi connectivity index (χ0n) is 10.1. The molecule has 88 valence electrons. The minimum Gasteiger partial charge on any atom is -0.388 e. The van der Waals surface area contributed by atoms with Crippen LogP contribution < -0.4 is 5.73 Å². The van der Waals surface area contributed by atoms with Crippen molar-refractivity contribution in [2.75, 3.05) is 6.54 Å². The summed E-state index contributed by atoms with van der Waals surface area (Å²) in [5.41, 5.74) is 5.28. The molecule has 0 bridgehead atoms. The third-order valence-corrected chi connectivity index (χ3v) is 4.92. The van der Waals surface area contributed by atoms with Crippen LogP contribution in [0.4, 0.5) is 0 Å². The molecule has 2 fully saturated rings. The minimum absolute atomic E-state index is 0.459. The largest absolute Gasteiger partial charge is 0.388 e. The SMILES string of the molecule is CC1CCC(C(O)(CN)C2CC2)CC1C. The van der Waals surface area contributed by atoms with Gasteiger partial charge in [0.2, 0.25) is 0 Å². The van der Waals surface area contributed by atoms with Crippen molar-refractivity contribution in [2.45, 2.75) is 51.6 Å². The number of aliphatic hydroxyl groups is 1. The molecule has 2 rings (SSSR count). The van der Waals surface area contributed by atoms with Crippen LogP contribution in [0.3, 0.4) is 0 Å². The second-order valence-corrected chi connectivity index (χ2v) is 5.93. The highest BCUT2D eigenvalue weighted by molar-refractivity contribution is 5.01. The van der Waals surface area contributed by atoms with Crippen molar-refractivity contribution >= 4 is 0 Å². The number of nitrogens with two attached hydrogens (primary N) is 1. The molecule has 0 radical (unpaired) electrons. The number of hydrogen-bond acceptors (Lipinski definition) is 2. The second-order valence-electron chi connectivity index (χ2n) is 5.93. The third-order valence-electron chi connectivity index (χ3n) is 4.92. The molecule has 2 nitrogen and oxygen atoms in total. The van der Waals surface area contributed by atoms with Crippen LogP contribution in [-0.4, -0.2) is 17.3 Å². The van der Waals surface area contributed by atoms with Gasteiger partial charge in [0.05, 0.1) is 5.60 Å². The van der Waals surface area contributed by atoms with E-state index in [4.69, 9.17) is 5.73 Å². The zero-order valence-corrected chi connectivity index (χ0v) is 10.1. The summed E-state index contributed by atoms with van der Waals surface area (Å²) in [5.74, 6) is 2.54. The van der Waals surface area contributed by atoms with E-state index in [0.717, 1.165) is 11.8 Å². The van der Waals surface area contributed by atoms with Gasteiger partial charge < -0.3 is 10.8 Å². The van der Waals surface area contributed by atoms with Gasteiger partial charge in [-0.05, 0) is 49.4 Å². The molecule has 4 unspecified atom stereocenters. The second kappa shape index (κ2) is 4.06. The fraction of sp³-hybridized carbons (Fsp3) is 1.00. The summed E-state index contributed by atoms with van der Waals surface area (Å²) in [7, 11) is 0. The lowest BCUT2D eigenvalue weighted by Crippen LogP contribution is -2.49. The Balaban J connectivity index is 2.02. The first-order valence-corrected chi connectivity index (χ1v) is 6.50. The summed E-state index contributed by atoms with van der Waals surface area (Å²) in [6, 6.07) is 0. The quantitative estimate of drug-likeness (QED) is 0.751. The molecule has 0 aromatic carbocycles. The van der Waals surface area contributed by atoms with Gasteiger partial charge in [-0.3, -0.25) is 0 Å². The fourth-order valence-electron chi connectivity index (χ4n) is 3.25. The Morgan fingerprint density at radius 3 is 2.13 bits per heavy atom. The van der Waals surface area contributed by atoms with Crippen molar-refractivity contribution in [3.8, 4) is 0 Å². The van der Waals surface area contributed by atoms with E-state index >= 15 is 0 Å². The molecule has 0 amide bonds. The summed E-state index contributed by atoms with van der Waals surface area (Å²) >= 11 is 0. The molecule has 3 N–H and O–H groups in total. The summed E-state index contributed by atoms with van der Waals surface area (Å²) in [5, 5.41) is 10.7. The Hall–Kier alpha value is -0.0800. The molecule has 0 aromatic rings. The summed E-state index contributed by atoms with van der Waals surface area (Å²) in [4.78, 5) is 0. The Labute approximate surface area is 93.2 Å². The average Bonchev–Trinajstić information content (AvgIpc) is 3.04. The van der Waals surface area contributed by atoms with Crippen molar-refractivity contribution in [1.29, 1.82) is 0 Å². The lowest BCUT2D eigenvalue weighted by Gasteiger charge is -2.42. The van der Waals surface area contributed by atoms with E-state index in [-0.39, 0.29) is 0 Å². The van der Waals surface area contributed by atoms with Crippen LogP contribution in [0.15, 0.2) is 0 Å². The van der Waals surface area contributed by atoms with Crippen molar-refractivity contribution in [2.24, 2.45) is 29.4 Å². The summed E-state index contributed by atoms with van der Waals surface area (Å²) in [6.07, 6.45) is 5.99. The van der Waals surface area contributed by atoms with Gasteiger partial charge in [-0.2, -0.15) is 0 Å². The van der Waals surface area contributed by atoms with Crippen LogP contribution in [0.1, 0.15) is 46.0 Å². The first-order valence-electron chi connectivity index (χ1n) is 6.50. The van der Waals surface area contributed by atoms with Gasteiger partial charge in [0.15, 0.2) is 0 Å². The predicted octanol–water partition coefficient (Wildman–Crippen LogP) is 2.16. The molecule has 2 saturated carbocycles. The standard InChI is InChI=1S/C13H25NO/c1-9-3-4-12(7-10(9)2)13(15,8-14)11-5-6-11/h9-12,15H,3-8,14H2,1-2H3. The molecular weight excluding hydrogens is 186 g/mol. The first kappa shape index (κ1) is 11.4. The average molecular weight is 211 g/mol. The van der Waals surface area contributed by atoms with E-state index < -0.39 is 5.60 Å². The Morgan fingerprint density at radius 2 is 1.67 bits per heavy atom. The van der Waals surface area contributed by atoms with Crippen molar-refractivity contribution in [3.63, 3.8) is 0 Å². The van der Waals surface area contributed by atoms with Gasteiger partial charge in [-0.15, -0.1) is 0 Å². The lowest BCUT2D eigenvalue weighted by molar-refractivity contribution is -0.0572. The number of rotatable bonds is 3. The van der Waals surface area contributed by atoms with E-state index in [1.807, 2.05) is 0 Å². The van der Waals surface area contributed by atoms with Crippen LogP contribution in [-0.2, 0) is 0 Å². The molecule has 0 saturated heterocycles. The van der Waals surface area contributed by atoms with Gasteiger partial charge in [0.1, 0.15) is 0 Å². The molecule has 2 aliphatic rings. The third kappa shape index (κ3) is 2.07. The minimum atomic E-state index is -0.533. The topological polar surface area (TPSA) is 46.2 Å². The summed E-state index contributed by atoms with van der Waals surface area (Å²) in [6.45, 7) is 5.11. The molecule has 0 spiro atoms. The molecule has 15 heavy (non-hydrogen) atoms. The van der Waals surface area contributed by atoms with Crippen LogP contribution in [0.2, 0.25) is 0 Å². The van der Waals surface area contributed by atoms with Gasteiger partial charge in [0, 0.05) is 6.54 Å². The lowest BCUT2D eigenvalue weighted by atomic mass is 9.68. The van der Waals surface area contributed by atoms with E-state index in [1.54, 1.807) is 0 Å². The maximum Gasteiger partial charge on any atom is 0.0825 e. The molecule has 0 aliphatic heterocycles. The Bertz CT molecular complexity index is 227. The van der Waals surface area contributed by atoms with Gasteiger partial charge in [-0.25, -0.2) is 0 Å². The molecule has 4 atom stereocenters. The maximum absolute atomic E-state index is 10.7. The fourth-order valence-corrected chi connectivity index (χ4v) is 3.25. The van der Waals surface area contributed by atoms with Crippen molar-refractivity contribution < 1.29 is 5.11 Å². The van der Waals surface area contributed by atoms with E-state index in [2.05, 4.69) is 13.8 Å². The van der Waals surface area contributed by atoms with E-state index in [0.29, 0.717) is 18.4 Å². The highest BCUT2D eigenvalue weighted by Gasteiger charge is 2.49. The van der Waals surface area contributed by atoms with Crippen LogP contribution in [0, 0.1) is 23.7 Å². The van der Waals surface area contributed by atoms with Crippen LogP contribution >= 0.6 is 0 Å². The first-order chi connectivity index (χ1) is 7.08. The monoisotopic (exact) mass is 211 g/mol. The Morgan fingerprint density at radius 1 is 1.07 bits per heavy atom. The van der Waals surface area contributed by atoms with Crippen LogP contribution in [0.25, 0.3) is 0 Å². The normalized spacial score (nSPS) is 41.2. The highest BCUT2D eigenvalue weighted by Crippen LogP contribution is 2.48.